The van der Waals surface area contributed by atoms with Gasteiger partial charge in [-0.05, 0) is 18.2 Å². The van der Waals surface area contributed by atoms with E-state index in [1.54, 1.807) is 19.2 Å². The second-order valence-electron chi connectivity index (χ2n) is 5.95. The molecule has 3 aromatic heterocycles. The van der Waals surface area contributed by atoms with Crippen molar-refractivity contribution < 1.29 is 14.3 Å². The number of carbonyl (C=O) groups is 1. The summed E-state index contributed by atoms with van der Waals surface area (Å²) in [7, 11) is 4.46. The molecule has 1 amide bonds. The third kappa shape index (κ3) is 3.76. The fourth-order valence-corrected chi connectivity index (χ4v) is 2.54. The van der Waals surface area contributed by atoms with E-state index in [1.807, 2.05) is 0 Å². The predicted molar refractivity (Wildman–Crippen MR) is 102 cm³/mol. The second-order valence-corrected chi connectivity index (χ2v) is 5.95. The number of nitrogens with zero attached hydrogens (tertiary/aromatic N) is 4. The third-order valence-corrected chi connectivity index (χ3v) is 4.07. The molecule has 0 radical (unpaired) electrons. The van der Waals surface area contributed by atoms with Gasteiger partial charge in [-0.3, -0.25) is 18.7 Å². The SMILES string of the molecule is COCCOc1ccc(NC(=O)c2ccc3c(=O)n(C)c(=O)n(C)c3n2)cn1. The number of rotatable bonds is 6. The number of amides is 1. The average molecular weight is 385 g/mol. The zero-order chi connectivity index (χ0) is 20.3. The number of anilines is 1. The molecule has 10 nitrogen and oxygen atoms in total. The molecule has 0 aliphatic heterocycles. The van der Waals surface area contributed by atoms with Crippen LogP contribution in [0.5, 0.6) is 5.88 Å². The van der Waals surface area contributed by atoms with E-state index in [4.69, 9.17) is 9.47 Å². The summed E-state index contributed by atoms with van der Waals surface area (Å²) in [4.78, 5) is 45.0. The Balaban J connectivity index is 1.82. The maximum Gasteiger partial charge on any atom is 0.332 e. The largest absolute Gasteiger partial charge is 0.475 e. The summed E-state index contributed by atoms with van der Waals surface area (Å²) in [6.07, 6.45) is 1.45. The molecule has 0 spiro atoms. The van der Waals surface area contributed by atoms with Gasteiger partial charge >= 0.3 is 5.69 Å². The highest BCUT2D eigenvalue weighted by molar-refractivity contribution is 6.03. The lowest BCUT2D eigenvalue weighted by molar-refractivity contribution is 0.102. The van der Waals surface area contributed by atoms with E-state index in [9.17, 15) is 14.4 Å². The molecule has 0 aliphatic carbocycles. The summed E-state index contributed by atoms with van der Waals surface area (Å²) >= 11 is 0. The molecule has 0 atom stereocenters. The van der Waals surface area contributed by atoms with Gasteiger partial charge < -0.3 is 14.8 Å². The molecule has 0 bridgehead atoms. The third-order valence-electron chi connectivity index (χ3n) is 4.07. The number of ether oxygens (including phenoxy) is 2. The number of fused-ring (bicyclic) bond motifs is 1. The second kappa shape index (κ2) is 8.01. The Morgan fingerprint density at radius 2 is 1.89 bits per heavy atom. The lowest BCUT2D eigenvalue weighted by atomic mass is 10.2. The Kier molecular flexibility index (Phi) is 5.50. The fraction of sp³-hybridized carbons (Fsp3) is 0.278. The van der Waals surface area contributed by atoms with Crippen LogP contribution < -0.4 is 21.3 Å². The highest BCUT2D eigenvalue weighted by atomic mass is 16.5. The quantitative estimate of drug-likeness (QED) is 0.607. The Hall–Kier alpha value is -3.53. The number of hydrogen-bond donors (Lipinski definition) is 1. The van der Waals surface area contributed by atoms with Crippen LogP contribution in [0, 0.1) is 0 Å². The van der Waals surface area contributed by atoms with Crippen molar-refractivity contribution in [2.75, 3.05) is 25.6 Å². The minimum Gasteiger partial charge on any atom is -0.475 e. The summed E-state index contributed by atoms with van der Waals surface area (Å²) in [5.41, 5.74) is -0.331. The fourth-order valence-electron chi connectivity index (χ4n) is 2.54. The van der Waals surface area contributed by atoms with E-state index in [0.29, 0.717) is 24.8 Å². The first-order valence-electron chi connectivity index (χ1n) is 8.38. The van der Waals surface area contributed by atoms with Crippen molar-refractivity contribution in [1.82, 2.24) is 19.1 Å². The van der Waals surface area contributed by atoms with Gasteiger partial charge in [-0.15, -0.1) is 0 Å². The average Bonchev–Trinajstić information content (AvgIpc) is 2.71. The molecule has 0 aromatic carbocycles. The Morgan fingerprint density at radius 3 is 2.57 bits per heavy atom. The molecule has 10 heteroatoms. The Morgan fingerprint density at radius 1 is 1.11 bits per heavy atom. The number of pyridine rings is 2. The molecular weight excluding hydrogens is 366 g/mol. The first kappa shape index (κ1) is 19.2. The van der Waals surface area contributed by atoms with Crippen molar-refractivity contribution in [1.29, 1.82) is 0 Å². The van der Waals surface area contributed by atoms with Gasteiger partial charge in [0, 0.05) is 27.3 Å². The minimum atomic E-state index is -0.518. The van der Waals surface area contributed by atoms with Gasteiger partial charge in [0.15, 0.2) is 0 Å². The molecule has 3 aromatic rings. The van der Waals surface area contributed by atoms with Gasteiger partial charge in [-0.25, -0.2) is 14.8 Å². The topological polar surface area (TPSA) is 117 Å². The molecule has 0 unspecified atom stereocenters. The van der Waals surface area contributed by atoms with Crippen LogP contribution in [0.15, 0.2) is 40.1 Å². The number of hydrogen-bond acceptors (Lipinski definition) is 7. The van der Waals surface area contributed by atoms with E-state index >= 15 is 0 Å². The number of aromatic nitrogens is 4. The molecule has 0 saturated heterocycles. The van der Waals surface area contributed by atoms with Crippen molar-refractivity contribution in [3.63, 3.8) is 0 Å². The van der Waals surface area contributed by atoms with Gasteiger partial charge in [0.1, 0.15) is 17.9 Å². The first-order valence-corrected chi connectivity index (χ1v) is 8.38. The molecule has 0 saturated carbocycles. The monoisotopic (exact) mass is 385 g/mol. The number of aryl methyl sites for hydroxylation is 1. The van der Waals surface area contributed by atoms with Crippen LogP contribution in [-0.4, -0.2) is 45.3 Å². The van der Waals surface area contributed by atoms with Gasteiger partial charge in [0.05, 0.1) is 23.9 Å². The van der Waals surface area contributed by atoms with E-state index < -0.39 is 17.2 Å². The van der Waals surface area contributed by atoms with Crippen LogP contribution in [0.3, 0.4) is 0 Å². The van der Waals surface area contributed by atoms with Gasteiger partial charge in [-0.1, -0.05) is 0 Å². The molecule has 146 valence electrons. The van der Waals surface area contributed by atoms with Crippen molar-refractivity contribution in [3.8, 4) is 5.88 Å². The highest BCUT2D eigenvalue weighted by Crippen LogP contribution is 2.13. The zero-order valence-electron chi connectivity index (χ0n) is 15.6. The highest BCUT2D eigenvalue weighted by Gasteiger charge is 2.14. The van der Waals surface area contributed by atoms with E-state index in [2.05, 4.69) is 15.3 Å². The van der Waals surface area contributed by atoms with Crippen molar-refractivity contribution in [3.05, 3.63) is 57.0 Å². The molecular formula is C18H19N5O5. The van der Waals surface area contributed by atoms with E-state index in [-0.39, 0.29) is 16.7 Å². The van der Waals surface area contributed by atoms with Crippen LogP contribution >= 0.6 is 0 Å². The number of methoxy groups -OCH3 is 1. The summed E-state index contributed by atoms with van der Waals surface area (Å²) < 4.78 is 12.5. The molecule has 0 aliphatic rings. The van der Waals surface area contributed by atoms with E-state index in [1.165, 1.54) is 37.0 Å². The van der Waals surface area contributed by atoms with Crippen LogP contribution in [0.25, 0.3) is 11.0 Å². The normalized spacial score (nSPS) is 10.8. The Bertz CT molecular complexity index is 1130. The smallest absolute Gasteiger partial charge is 0.332 e. The van der Waals surface area contributed by atoms with Crippen molar-refractivity contribution in [2.24, 2.45) is 14.1 Å². The van der Waals surface area contributed by atoms with Crippen molar-refractivity contribution in [2.45, 2.75) is 0 Å². The summed E-state index contributed by atoms with van der Waals surface area (Å²) in [5, 5.41) is 2.91. The molecule has 1 N–H and O–H groups in total. The summed E-state index contributed by atoms with van der Waals surface area (Å²) in [6.45, 7) is 0.813. The van der Waals surface area contributed by atoms with Gasteiger partial charge in [-0.2, -0.15) is 0 Å². The predicted octanol–water partition coefficient (Wildman–Crippen LogP) is 0.305. The Labute approximate surface area is 159 Å². The van der Waals surface area contributed by atoms with E-state index in [0.717, 1.165) is 4.57 Å². The van der Waals surface area contributed by atoms with Crippen LogP contribution in [0.1, 0.15) is 10.5 Å². The van der Waals surface area contributed by atoms with Crippen molar-refractivity contribution >= 4 is 22.6 Å². The summed E-state index contributed by atoms with van der Waals surface area (Å²) in [6, 6.07) is 6.16. The lowest BCUT2D eigenvalue weighted by Crippen LogP contribution is -2.37. The number of nitrogens with one attached hydrogen (secondary N) is 1. The minimum absolute atomic E-state index is 0.0659. The zero-order valence-corrected chi connectivity index (χ0v) is 15.6. The molecule has 3 heterocycles. The molecule has 0 fully saturated rings. The van der Waals surface area contributed by atoms with Crippen LogP contribution in [-0.2, 0) is 18.8 Å². The molecule has 28 heavy (non-hydrogen) atoms. The van der Waals surface area contributed by atoms with Gasteiger partial charge in [0.2, 0.25) is 5.88 Å². The first-order chi connectivity index (χ1) is 13.4. The van der Waals surface area contributed by atoms with Crippen LogP contribution in [0.4, 0.5) is 5.69 Å². The van der Waals surface area contributed by atoms with Gasteiger partial charge in [0.25, 0.3) is 11.5 Å². The standard InChI is InChI=1S/C18H19N5O5/c1-22-15-12(17(25)23(2)18(22)26)5-6-13(21-15)16(24)20-11-4-7-14(19-10-11)28-9-8-27-3/h4-7,10H,8-9H2,1-3H3,(H,20,24). The number of carbonyl (C=O) groups excluding carboxylic acids is 1. The van der Waals surface area contributed by atoms with Crippen LogP contribution in [0.2, 0.25) is 0 Å². The maximum atomic E-state index is 12.5. The maximum absolute atomic E-state index is 12.5. The molecule has 3 rings (SSSR count). The lowest BCUT2D eigenvalue weighted by Gasteiger charge is -2.09. The summed E-state index contributed by atoms with van der Waals surface area (Å²) in [5.74, 6) is -0.0883.